The molecule has 0 saturated carbocycles. The second-order valence-corrected chi connectivity index (χ2v) is 6.65. The van der Waals surface area contributed by atoms with E-state index in [9.17, 15) is 18.0 Å². The van der Waals surface area contributed by atoms with Crippen molar-refractivity contribution in [1.82, 2.24) is 19.7 Å². The van der Waals surface area contributed by atoms with Crippen LogP contribution in [0.2, 0.25) is 0 Å². The molecule has 0 unspecified atom stereocenters. The summed E-state index contributed by atoms with van der Waals surface area (Å²) >= 11 is 1.27. The zero-order chi connectivity index (χ0) is 19.7. The molecule has 0 fully saturated rings. The van der Waals surface area contributed by atoms with Gasteiger partial charge < -0.3 is 0 Å². The van der Waals surface area contributed by atoms with Crippen LogP contribution >= 0.6 is 11.3 Å². The minimum Gasteiger partial charge on any atom is -0.295 e. The summed E-state index contributed by atoms with van der Waals surface area (Å²) in [5.74, 6) is -0.376. The van der Waals surface area contributed by atoms with Crippen LogP contribution in [0.3, 0.4) is 0 Å². The molecule has 10 heteroatoms. The van der Waals surface area contributed by atoms with E-state index in [2.05, 4.69) is 15.1 Å². The van der Waals surface area contributed by atoms with Gasteiger partial charge in [-0.15, -0.1) is 11.3 Å². The van der Waals surface area contributed by atoms with Crippen LogP contribution in [-0.4, -0.2) is 19.7 Å². The second-order valence-electron chi connectivity index (χ2n) is 5.79. The topological polar surface area (TPSA) is 73.8 Å². The first-order chi connectivity index (χ1) is 13.4. The quantitative estimate of drug-likeness (QED) is 0.512. The molecule has 0 aliphatic carbocycles. The molecule has 0 radical (unpaired) electrons. The Kier molecular flexibility index (Phi) is 4.55. The van der Waals surface area contributed by atoms with Gasteiger partial charge in [0.1, 0.15) is 10.7 Å². The van der Waals surface area contributed by atoms with Crippen molar-refractivity contribution in [3.63, 3.8) is 0 Å². The standard InChI is InChI=1S/C18H11F3N4O2S/c19-18(20,21)12-6-4-11(5-7-12)16-23-13(10-28-16)9-25-15(24-27-17(25)26)14-3-1-2-8-22-14/h1-8,10H,9H2. The Morgan fingerprint density at radius 1 is 1.11 bits per heavy atom. The highest BCUT2D eigenvalue weighted by atomic mass is 32.1. The maximum Gasteiger partial charge on any atom is 0.442 e. The van der Waals surface area contributed by atoms with Gasteiger partial charge in [-0.3, -0.25) is 9.51 Å². The van der Waals surface area contributed by atoms with E-state index in [1.54, 1.807) is 29.8 Å². The Labute approximate surface area is 159 Å². The van der Waals surface area contributed by atoms with Gasteiger partial charge in [0.2, 0.25) is 5.82 Å². The van der Waals surface area contributed by atoms with Crippen LogP contribution in [0.4, 0.5) is 13.2 Å². The number of alkyl halides is 3. The summed E-state index contributed by atoms with van der Waals surface area (Å²) in [6.45, 7) is 0.103. The fraction of sp³-hybridized carbons (Fsp3) is 0.111. The second kappa shape index (κ2) is 7.04. The van der Waals surface area contributed by atoms with E-state index in [-0.39, 0.29) is 12.4 Å². The number of halogens is 3. The summed E-state index contributed by atoms with van der Waals surface area (Å²) in [4.78, 5) is 20.6. The van der Waals surface area contributed by atoms with Crippen LogP contribution in [-0.2, 0) is 12.7 Å². The van der Waals surface area contributed by atoms with Crippen LogP contribution in [0.15, 0.2) is 63.4 Å². The van der Waals surface area contributed by atoms with E-state index in [4.69, 9.17) is 4.52 Å². The van der Waals surface area contributed by atoms with Crippen molar-refractivity contribution < 1.29 is 17.7 Å². The molecule has 0 bridgehead atoms. The molecule has 3 aromatic heterocycles. The van der Waals surface area contributed by atoms with Gasteiger partial charge in [-0.1, -0.05) is 23.4 Å². The Bertz CT molecular complexity index is 1150. The van der Waals surface area contributed by atoms with Crippen LogP contribution in [0.1, 0.15) is 11.3 Å². The van der Waals surface area contributed by atoms with Gasteiger partial charge in [0, 0.05) is 17.1 Å². The molecular weight excluding hydrogens is 393 g/mol. The largest absolute Gasteiger partial charge is 0.442 e. The van der Waals surface area contributed by atoms with Crippen LogP contribution in [0.25, 0.3) is 22.1 Å². The zero-order valence-corrected chi connectivity index (χ0v) is 14.9. The molecule has 0 N–H and O–H groups in total. The summed E-state index contributed by atoms with van der Waals surface area (Å²) in [7, 11) is 0. The molecule has 0 aliphatic rings. The lowest BCUT2D eigenvalue weighted by Crippen LogP contribution is -2.16. The monoisotopic (exact) mass is 404 g/mol. The number of pyridine rings is 1. The SMILES string of the molecule is O=c1onc(-c2ccccn2)n1Cc1csc(-c2ccc(C(F)(F)F)cc2)n1. The fourth-order valence-electron chi connectivity index (χ4n) is 2.56. The molecule has 0 aliphatic heterocycles. The van der Waals surface area contributed by atoms with Gasteiger partial charge >= 0.3 is 11.9 Å². The molecule has 0 amide bonds. The number of aromatic nitrogens is 4. The summed E-state index contributed by atoms with van der Waals surface area (Å²) in [5, 5.41) is 6.04. The molecule has 0 saturated heterocycles. The zero-order valence-electron chi connectivity index (χ0n) is 14.1. The van der Waals surface area contributed by atoms with Gasteiger partial charge in [0.15, 0.2) is 0 Å². The van der Waals surface area contributed by atoms with E-state index < -0.39 is 17.5 Å². The minimum atomic E-state index is -4.39. The summed E-state index contributed by atoms with van der Waals surface area (Å²) < 4.78 is 44.1. The first kappa shape index (κ1) is 18.1. The van der Waals surface area contributed by atoms with Crippen molar-refractivity contribution in [2.75, 3.05) is 0 Å². The third kappa shape index (κ3) is 3.58. The molecular formula is C18H11F3N4O2S. The molecule has 3 heterocycles. The fourth-order valence-corrected chi connectivity index (χ4v) is 3.38. The van der Waals surface area contributed by atoms with Crippen molar-refractivity contribution in [3.8, 4) is 22.1 Å². The van der Waals surface area contributed by atoms with Crippen molar-refractivity contribution in [3.05, 3.63) is 75.8 Å². The maximum absolute atomic E-state index is 12.7. The van der Waals surface area contributed by atoms with E-state index in [1.807, 2.05) is 0 Å². The predicted molar refractivity (Wildman–Crippen MR) is 95.6 cm³/mol. The lowest BCUT2D eigenvalue weighted by molar-refractivity contribution is -0.137. The average Bonchev–Trinajstić information content (AvgIpc) is 3.30. The number of nitrogens with zero attached hydrogens (tertiary/aromatic N) is 4. The number of rotatable bonds is 4. The maximum atomic E-state index is 12.7. The van der Waals surface area contributed by atoms with Crippen molar-refractivity contribution in [2.24, 2.45) is 0 Å². The van der Waals surface area contributed by atoms with E-state index >= 15 is 0 Å². The van der Waals surface area contributed by atoms with Crippen LogP contribution in [0, 0.1) is 0 Å². The molecule has 0 spiro atoms. The Hall–Kier alpha value is -3.27. The lowest BCUT2D eigenvalue weighted by Gasteiger charge is -2.06. The predicted octanol–water partition coefficient (Wildman–Crippen LogP) is 4.09. The lowest BCUT2D eigenvalue weighted by atomic mass is 10.1. The van der Waals surface area contributed by atoms with Crippen LogP contribution < -0.4 is 5.76 Å². The molecule has 4 aromatic rings. The minimum absolute atomic E-state index is 0.103. The number of benzene rings is 1. The van der Waals surface area contributed by atoms with Crippen LogP contribution in [0.5, 0.6) is 0 Å². The van der Waals surface area contributed by atoms with Crippen molar-refractivity contribution in [2.45, 2.75) is 12.7 Å². The van der Waals surface area contributed by atoms with Gasteiger partial charge in [0.05, 0.1) is 17.8 Å². The number of hydrogen-bond acceptors (Lipinski definition) is 6. The molecule has 4 rings (SSSR count). The number of hydrogen-bond donors (Lipinski definition) is 0. The van der Waals surface area contributed by atoms with Crippen molar-refractivity contribution >= 4 is 11.3 Å². The Morgan fingerprint density at radius 2 is 1.89 bits per heavy atom. The third-order valence-electron chi connectivity index (χ3n) is 3.91. The first-order valence-corrected chi connectivity index (χ1v) is 8.90. The Balaban J connectivity index is 1.60. The highest BCUT2D eigenvalue weighted by Crippen LogP contribution is 2.31. The molecule has 1 aromatic carbocycles. The van der Waals surface area contributed by atoms with E-state index in [1.165, 1.54) is 28.0 Å². The molecule has 6 nitrogen and oxygen atoms in total. The van der Waals surface area contributed by atoms with E-state index in [0.717, 1.165) is 12.1 Å². The van der Waals surface area contributed by atoms with Gasteiger partial charge in [-0.05, 0) is 24.3 Å². The summed E-state index contributed by atoms with van der Waals surface area (Å²) in [6.07, 6.45) is -2.81. The van der Waals surface area contributed by atoms with E-state index in [0.29, 0.717) is 22.0 Å². The van der Waals surface area contributed by atoms with Crippen molar-refractivity contribution in [1.29, 1.82) is 0 Å². The highest BCUT2D eigenvalue weighted by Gasteiger charge is 2.30. The molecule has 142 valence electrons. The summed E-state index contributed by atoms with van der Waals surface area (Å²) in [5.41, 5.74) is 0.879. The smallest absolute Gasteiger partial charge is 0.295 e. The van der Waals surface area contributed by atoms with Gasteiger partial charge in [-0.2, -0.15) is 13.2 Å². The normalized spacial score (nSPS) is 11.7. The first-order valence-electron chi connectivity index (χ1n) is 8.02. The third-order valence-corrected chi connectivity index (χ3v) is 4.85. The highest BCUT2D eigenvalue weighted by molar-refractivity contribution is 7.13. The molecule has 28 heavy (non-hydrogen) atoms. The Morgan fingerprint density at radius 3 is 2.57 bits per heavy atom. The van der Waals surface area contributed by atoms with Gasteiger partial charge in [0.25, 0.3) is 0 Å². The number of thiazole rings is 1. The molecule has 0 atom stereocenters. The average molecular weight is 404 g/mol. The summed E-state index contributed by atoms with van der Waals surface area (Å²) in [6, 6.07) is 9.97. The van der Waals surface area contributed by atoms with Gasteiger partial charge in [-0.25, -0.2) is 14.3 Å².